The first-order valence-electron chi connectivity index (χ1n) is 4.41. The van der Waals surface area contributed by atoms with E-state index in [0.717, 1.165) is 17.0 Å². The third-order valence-corrected chi connectivity index (χ3v) is 2.21. The Morgan fingerprint density at radius 2 is 2.14 bits per heavy atom. The van der Waals surface area contributed by atoms with Gasteiger partial charge < -0.3 is 8.82 Å². The minimum Gasteiger partial charge on any atom is -0.464 e. The first-order valence-corrected chi connectivity index (χ1v) is 4.41. The van der Waals surface area contributed by atoms with E-state index in [-0.39, 0.29) is 0 Å². The van der Waals surface area contributed by atoms with Crippen molar-refractivity contribution in [3.8, 4) is 11.3 Å². The van der Waals surface area contributed by atoms with Gasteiger partial charge in [0, 0.05) is 18.6 Å². The highest BCUT2D eigenvalue weighted by atomic mass is 16.3. The summed E-state index contributed by atoms with van der Waals surface area (Å²) in [5.74, 6) is 0.849. The number of hydrogen-bond acceptors (Lipinski definition) is 2. The number of aromatic nitrogens is 2. The molecule has 14 heavy (non-hydrogen) atoms. The van der Waals surface area contributed by atoms with E-state index in [2.05, 4.69) is 4.98 Å². The van der Waals surface area contributed by atoms with E-state index in [9.17, 15) is 0 Å². The lowest BCUT2D eigenvalue weighted by Crippen LogP contribution is -1.85. The summed E-state index contributed by atoms with van der Waals surface area (Å²) >= 11 is 0. The fraction of sp³-hybridized carbons (Fsp3) is 0. The van der Waals surface area contributed by atoms with Crippen LogP contribution in [0, 0.1) is 0 Å². The summed E-state index contributed by atoms with van der Waals surface area (Å²) in [6, 6.07) is 7.79. The standard InChI is InChI=1S/C11H8N2O/c1-3-9(10-4-2-8-14-10)11-12-5-7-13(11)6-1/h1-8H. The van der Waals surface area contributed by atoms with Crippen LogP contribution >= 0.6 is 0 Å². The zero-order valence-electron chi connectivity index (χ0n) is 7.42. The molecule has 0 aliphatic carbocycles. The first-order chi connectivity index (χ1) is 6.95. The van der Waals surface area contributed by atoms with E-state index in [1.807, 2.05) is 41.1 Å². The fourth-order valence-electron chi connectivity index (χ4n) is 1.57. The number of pyridine rings is 1. The molecule has 0 N–H and O–H groups in total. The van der Waals surface area contributed by atoms with Gasteiger partial charge in [-0.1, -0.05) is 0 Å². The minimum absolute atomic E-state index is 0.849. The van der Waals surface area contributed by atoms with Crippen molar-refractivity contribution in [2.24, 2.45) is 0 Å². The SMILES string of the molecule is c1coc(-c2cccn3ccnc23)c1. The number of furan rings is 1. The Morgan fingerprint density at radius 3 is 3.00 bits per heavy atom. The zero-order chi connectivity index (χ0) is 9.38. The molecule has 3 aromatic heterocycles. The largest absolute Gasteiger partial charge is 0.464 e. The van der Waals surface area contributed by atoms with Crippen LogP contribution in [0.4, 0.5) is 0 Å². The Labute approximate surface area is 80.6 Å². The molecule has 0 amide bonds. The molecule has 0 saturated carbocycles. The van der Waals surface area contributed by atoms with E-state index in [1.165, 1.54) is 0 Å². The lowest BCUT2D eigenvalue weighted by molar-refractivity contribution is 0.582. The number of hydrogen-bond donors (Lipinski definition) is 0. The average Bonchev–Trinajstić information content (AvgIpc) is 2.88. The Hall–Kier alpha value is -2.03. The van der Waals surface area contributed by atoms with Gasteiger partial charge in [0.15, 0.2) is 0 Å². The predicted octanol–water partition coefficient (Wildman–Crippen LogP) is 2.59. The van der Waals surface area contributed by atoms with Crippen LogP contribution in [-0.2, 0) is 0 Å². The first kappa shape index (κ1) is 7.38. The van der Waals surface area contributed by atoms with Crippen LogP contribution < -0.4 is 0 Å². The van der Waals surface area contributed by atoms with Gasteiger partial charge in [0.25, 0.3) is 0 Å². The van der Waals surface area contributed by atoms with E-state index >= 15 is 0 Å². The number of imidazole rings is 1. The molecule has 0 radical (unpaired) electrons. The maximum atomic E-state index is 5.34. The second kappa shape index (κ2) is 2.73. The highest BCUT2D eigenvalue weighted by molar-refractivity contribution is 5.73. The Bertz CT molecular complexity index is 551. The van der Waals surface area contributed by atoms with Crippen LogP contribution in [0.2, 0.25) is 0 Å². The average molecular weight is 184 g/mol. The Kier molecular flexibility index (Phi) is 1.44. The van der Waals surface area contributed by atoms with Crippen LogP contribution in [0.25, 0.3) is 17.0 Å². The molecule has 0 aliphatic rings. The molecule has 0 unspecified atom stereocenters. The van der Waals surface area contributed by atoms with Gasteiger partial charge in [-0.3, -0.25) is 0 Å². The third-order valence-electron chi connectivity index (χ3n) is 2.21. The topological polar surface area (TPSA) is 30.4 Å². The lowest BCUT2D eigenvalue weighted by Gasteiger charge is -1.98. The normalized spacial score (nSPS) is 10.9. The summed E-state index contributed by atoms with van der Waals surface area (Å²) in [5.41, 5.74) is 1.94. The maximum absolute atomic E-state index is 5.34. The van der Waals surface area contributed by atoms with Crippen LogP contribution in [0.15, 0.2) is 53.5 Å². The molecule has 0 atom stereocenters. The summed E-state index contributed by atoms with van der Waals surface area (Å²) in [4.78, 5) is 4.28. The Balaban J connectivity index is 2.36. The van der Waals surface area contributed by atoms with Crippen LogP contribution in [0.1, 0.15) is 0 Å². The van der Waals surface area contributed by atoms with Gasteiger partial charge in [-0.25, -0.2) is 4.98 Å². The van der Waals surface area contributed by atoms with Crippen molar-refractivity contribution in [1.29, 1.82) is 0 Å². The minimum atomic E-state index is 0.849. The van der Waals surface area contributed by atoms with Crippen molar-refractivity contribution in [3.05, 3.63) is 49.1 Å². The number of nitrogens with zero attached hydrogens (tertiary/aromatic N) is 2. The second-order valence-corrected chi connectivity index (χ2v) is 3.06. The van der Waals surface area contributed by atoms with Gasteiger partial charge in [-0.05, 0) is 24.3 Å². The third kappa shape index (κ3) is 0.956. The van der Waals surface area contributed by atoms with Crippen molar-refractivity contribution in [3.63, 3.8) is 0 Å². The monoisotopic (exact) mass is 184 g/mol. The van der Waals surface area contributed by atoms with Crippen molar-refractivity contribution in [1.82, 2.24) is 9.38 Å². The molecular weight excluding hydrogens is 176 g/mol. The highest BCUT2D eigenvalue weighted by Gasteiger charge is 2.06. The van der Waals surface area contributed by atoms with Crippen LogP contribution in [0.3, 0.4) is 0 Å². The summed E-state index contributed by atoms with van der Waals surface area (Å²) in [6.07, 6.45) is 7.33. The van der Waals surface area contributed by atoms with Gasteiger partial charge in [0.1, 0.15) is 11.4 Å². The summed E-state index contributed by atoms with van der Waals surface area (Å²) < 4.78 is 7.31. The van der Waals surface area contributed by atoms with E-state index in [0.29, 0.717) is 0 Å². The van der Waals surface area contributed by atoms with Gasteiger partial charge in [-0.15, -0.1) is 0 Å². The summed E-state index contributed by atoms with van der Waals surface area (Å²) in [5, 5.41) is 0. The summed E-state index contributed by atoms with van der Waals surface area (Å²) in [6.45, 7) is 0. The lowest BCUT2D eigenvalue weighted by atomic mass is 10.2. The maximum Gasteiger partial charge on any atom is 0.147 e. The molecule has 0 aromatic carbocycles. The predicted molar refractivity (Wildman–Crippen MR) is 52.9 cm³/mol. The van der Waals surface area contributed by atoms with Crippen molar-refractivity contribution in [2.75, 3.05) is 0 Å². The molecular formula is C11H8N2O. The van der Waals surface area contributed by atoms with Crippen LogP contribution in [0.5, 0.6) is 0 Å². The molecule has 0 bridgehead atoms. The molecule has 3 heterocycles. The smallest absolute Gasteiger partial charge is 0.147 e. The molecule has 3 heteroatoms. The molecule has 0 saturated heterocycles. The van der Waals surface area contributed by atoms with Gasteiger partial charge >= 0.3 is 0 Å². The molecule has 3 rings (SSSR count). The molecule has 68 valence electrons. The van der Waals surface area contributed by atoms with Crippen LogP contribution in [-0.4, -0.2) is 9.38 Å². The second-order valence-electron chi connectivity index (χ2n) is 3.06. The van der Waals surface area contributed by atoms with E-state index in [4.69, 9.17) is 4.42 Å². The number of fused-ring (bicyclic) bond motifs is 1. The van der Waals surface area contributed by atoms with Crippen molar-refractivity contribution in [2.45, 2.75) is 0 Å². The highest BCUT2D eigenvalue weighted by Crippen LogP contribution is 2.23. The molecule has 0 aliphatic heterocycles. The van der Waals surface area contributed by atoms with Gasteiger partial charge in [0.2, 0.25) is 0 Å². The quantitative estimate of drug-likeness (QED) is 0.582. The zero-order valence-corrected chi connectivity index (χ0v) is 7.42. The molecule has 3 aromatic rings. The Morgan fingerprint density at radius 1 is 1.14 bits per heavy atom. The fourth-order valence-corrected chi connectivity index (χ4v) is 1.57. The summed E-state index contributed by atoms with van der Waals surface area (Å²) in [7, 11) is 0. The van der Waals surface area contributed by atoms with E-state index in [1.54, 1.807) is 12.5 Å². The van der Waals surface area contributed by atoms with E-state index < -0.39 is 0 Å². The number of rotatable bonds is 1. The van der Waals surface area contributed by atoms with Gasteiger partial charge in [-0.2, -0.15) is 0 Å². The molecule has 0 fully saturated rings. The van der Waals surface area contributed by atoms with Crippen molar-refractivity contribution < 1.29 is 4.42 Å². The van der Waals surface area contributed by atoms with Gasteiger partial charge in [0.05, 0.1) is 11.8 Å². The van der Waals surface area contributed by atoms with Crippen molar-refractivity contribution >= 4 is 5.65 Å². The molecule has 3 nitrogen and oxygen atoms in total. The molecule has 0 spiro atoms.